The lowest BCUT2D eigenvalue weighted by molar-refractivity contribution is -0.126. The Kier molecular flexibility index (Phi) is 7.45. The summed E-state index contributed by atoms with van der Waals surface area (Å²) in [6.45, 7) is 1.43. The van der Waals surface area contributed by atoms with Gasteiger partial charge in [0.2, 0.25) is 5.91 Å². The predicted molar refractivity (Wildman–Crippen MR) is 131 cm³/mol. The molecule has 0 bridgehead atoms. The van der Waals surface area contributed by atoms with E-state index in [1.54, 1.807) is 17.0 Å². The van der Waals surface area contributed by atoms with Gasteiger partial charge < -0.3 is 10.2 Å². The fourth-order valence-electron chi connectivity index (χ4n) is 3.97. The molecule has 2 amide bonds. The monoisotopic (exact) mass is 495 g/mol. The van der Waals surface area contributed by atoms with E-state index in [0.717, 1.165) is 17.7 Å². The maximum atomic E-state index is 13.1. The molecule has 182 valence electrons. The van der Waals surface area contributed by atoms with E-state index < -0.39 is 15.8 Å². The largest absolute Gasteiger partial charge is 0.352 e. The zero-order valence-corrected chi connectivity index (χ0v) is 19.8. The lowest BCUT2D eigenvalue weighted by atomic mass is 9.95. The van der Waals surface area contributed by atoms with E-state index in [-0.39, 0.29) is 22.6 Å². The summed E-state index contributed by atoms with van der Waals surface area (Å²) in [5.74, 6) is -0.825. The van der Waals surface area contributed by atoms with E-state index in [9.17, 15) is 22.4 Å². The van der Waals surface area contributed by atoms with E-state index in [2.05, 4.69) is 10.0 Å². The van der Waals surface area contributed by atoms with Crippen molar-refractivity contribution in [3.05, 3.63) is 95.8 Å². The van der Waals surface area contributed by atoms with Gasteiger partial charge in [-0.15, -0.1) is 0 Å². The first kappa shape index (κ1) is 24.4. The SMILES string of the molecule is O=C(NCc1ccccc1)C1CCN(C(=O)c2ccc(NS(=O)(=O)c3ccc(F)cc3)cc2)CC1. The van der Waals surface area contributed by atoms with Crippen LogP contribution in [-0.4, -0.2) is 38.2 Å². The molecule has 1 heterocycles. The number of hydrogen-bond donors (Lipinski definition) is 2. The Morgan fingerprint density at radius 3 is 2.14 bits per heavy atom. The summed E-state index contributed by atoms with van der Waals surface area (Å²) in [4.78, 5) is 27.0. The molecule has 0 aromatic heterocycles. The summed E-state index contributed by atoms with van der Waals surface area (Å²) in [6, 6.07) is 20.4. The number of anilines is 1. The standard InChI is InChI=1S/C26H26FN3O4S/c27-22-8-12-24(13-9-22)35(33,34)29-23-10-6-21(7-11-23)26(32)30-16-14-20(15-17-30)25(31)28-18-19-4-2-1-3-5-19/h1-13,20,29H,14-18H2,(H,28,31). The highest BCUT2D eigenvalue weighted by atomic mass is 32.2. The molecule has 3 aromatic rings. The summed E-state index contributed by atoms with van der Waals surface area (Å²) < 4.78 is 40.4. The highest BCUT2D eigenvalue weighted by Gasteiger charge is 2.27. The second kappa shape index (κ2) is 10.7. The quantitative estimate of drug-likeness (QED) is 0.521. The van der Waals surface area contributed by atoms with Gasteiger partial charge in [0.1, 0.15) is 5.82 Å². The summed E-state index contributed by atoms with van der Waals surface area (Å²) in [5.41, 5.74) is 1.76. The Morgan fingerprint density at radius 1 is 0.886 bits per heavy atom. The third kappa shape index (κ3) is 6.24. The molecule has 1 fully saturated rings. The molecule has 0 saturated carbocycles. The van der Waals surface area contributed by atoms with Crippen LogP contribution >= 0.6 is 0 Å². The molecule has 35 heavy (non-hydrogen) atoms. The number of nitrogens with zero attached hydrogens (tertiary/aromatic N) is 1. The van der Waals surface area contributed by atoms with Crippen molar-refractivity contribution in [2.75, 3.05) is 17.8 Å². The van der Waals surface area contributed by atoms with Crippen molar-refractivity contribution < 1.29 is 22.4 Å². The van der Waals surface area contributed by atoms with Gasteiger partial charge in [-0.3, -0.25) is 14.3 Å². The summed E-state index contributed by atoms with van der Waals surface area (Å²) in [7, 11) is -3.87. The molecule has 9 heteroatoms. The van der Waals surface area contributed by atoms with Crippen LogP contribution in [0, 0.1) is 11.7 Å². The molecule has 0 radical (unpaired) electrons. The first-order chi connectivity index (χ1) is 16.8. The highest BCUT2D eigenvalue weighted by Crippen LogP contribution is 2.21. The zero-order chi connectivity index (χ0) is 24.8. The van der Waals surface area contributed by atoms with Crippen molar-refractivity contribution in [1.82, 2.24) is 10.2 Å². The van der Waals surface area contributed by atoms with Crippen LogP contribution in [0.2, 0.25) is 0 Å². The molecule has 1 aliphatic heterocycles. The molecule has 7 nitrogen and oxygen atoms in total. The smallest absolute Gasteiger partial charge is 0.261 e. The van der Waals surface area contributed by atoms with Crippen LogP contribution in [0.15, 0.2) is 83.8 Å². The van der Waals surface area contributed by atoms with E-state index >= 15 is 0 Å². The van der Waals surface area contributed by atoms with Crippen LogP contribution in [0.1, 0.15) is 28.8 Å². The molecular formula is C26H26FN3O4S. The number of carbonyl (C=O) groups is 2. The van der Waals surface area contributed by atoms with Crippen molar-refractivity contribution in [3.8, 4) is 0 Å². The number of carbonyl (C=O) groups excluding carboxylic acids is 2. The number of rotatable bonds is 7. The van der Waals surface area contributed by atoms with Gasteiger partial charge in [0.25, 0.3) is 15.9 Å². The van der Waals surface area contributed by atoms with Crippen LogP contribution in [0.3, 0.4) is 0 Å². The lowest BCUT2D eigenvalue weighted by Crippen LogP contribution is -2.42. The minimum Gasteiger partial charge on any atom is -0.352 e. The first-order valence-electron chi connectivity index (χ1n) is 11.3. The Morgan fingerprint density at radius 2 is 1.51 bits per heavy atom. The molecule has 1 aliphatic rings. The second-order valence-electron chi connectivity index (χ2n) is 8.41. The Balaban J connectivity index is 1.29. The van der Waals surface area contributed by atoms with E-state index in [4.69, 9.17) is 0 Å². The molecule has 3 aromatic carbocycles. The fraction of sp³-hybridized carbons (Fsp3) is 0.231. The number of hydrogen-bond acceptors (Lipinski definition) is 4. The average Bonchev–Trinajstić information content (AvgIpc) is 2.88. The van der Waals surface area contributed by atoms with Crippen LogP contribution < -0.4 is 10.0 Å². The maximum absolute atomic E-state index is 13.1. The van der Waals surface area contributed by atoms with Crippen LogP contribution in [0.5, 0.6) is 0 Å². The van der Waals surface area contributed by atoms with Gasteiger partial charge in [0.15, 0.2) is 0 Å². The topological polar surface area (TPSA) is 95.6 Å². The number of sulfonamides is 1. The van der Waals surface area contributed by atoms with Crippen LogP contribution in [0.25, 0.3) is 0 Å². The molecule has 2 N–H and O–H groups in total. The van der Waals surface area contributed by atoms with Crippen molar-refractivity contribution >= 4 is 27.5 Å². The van der Waals surface area contributed by atoms with Gasteiger partial charge >= 0.3 is 0 Å². The maximum Gasteiger partial charge on any atom is 0.261 e. The average molecular weight is 496 g/mol. The van der Waals surface area contributed by atoms with Crippen LogP contribution in [0.4, 0.5) is 10.1 Å². The third-order valence-electron chi connectivity index (χ3n) is 5.97. The molecule has 0 atom stereocenters. The Labute approximate surface area is 204 Å². The summed E-state index contributed by atoms with van der Waals surface area (Å²) >= 11 is 0. The molecule has 1 saturated heterocycles. The van der Waals surface area contributed by atoms with E-state index in [1.807, 2.05) is 30.3 Å². The summed E-state index contributed by atoms with van der Waals surface area (Å²) in [6.07, 6.45) is 1.17. The normalized spacial score (nSPS) is 14.4. The van der Waals surface area contributed by atoms with Crippen molar-refractivity contribution in [2.45, 2.75) is 24.3 Å². The van der Waals surface area contributed by atoms with Gasteiger partial charge in [-0.05, 0) is 66.9 Å². The Bertz CT molecular complexity index is 1270. The van der Waals surface area contributed by atoms with Crippen LogP contribution in [-0.2, 0) is 21.4 Å². The number of piperidine rings is 1. The molecule has 4 rings (SSSR count). The first-order valence-corrected chi connectivity index (χ1v) is 12.8. The lowest BCUT2D eigenvalue weighted by Gasteiger charge is -2.31. The molecule has 0 aliphatic carbocycles. The minimum absolute atomic E-state index is 0.00116. The predicted octanol–water partition coefficient (Wildman–Crippen LogP) is 3.80. The highest BCUT2D eigenvalue weighted by molar-refractivity contribution is 7.92. The fourth-order valence-corrected chi connectivity index (χ4v) is 5.02. The van der Waals surface area contributed by atoms with Gasteiger partial charge in [0.05, 0.1) is 4.90 Å². The van der Waals surface area contributed by atoms with Crippen molar-refractivity contribution in [3.63, 3.8) is 0 Å². The number of benzene rings is 3. The van der Waals surface area contributed by atoms with Crippen molar-refractivity contribution in [2.24, 2.45) is 5.92 Å². The number of halogens is 1. The zero-order valence-electron chi connectivity index (χ0n) is 19.0. The minimum atomic E-state index is -3.87. The molecular weight excluding hydrogens is 469 g/mol. The molecule has 0 spiro atoms. The Hall–Kier alpha value is -3.72. The van der Waals surface area contributed by atoms with Gasteiger partial charge in [0, 0.05) is 36.8 Å². The van der Waals surface area contributed by atoms with Crippen molar-refractivity contribution in [1.29, 1.82) is 0 Å². The van der Waals surface area contributed by atoms with E-state index in [0.29, 0.717) is 43.7 Å². The van der Waals surface area contributed by atoms with Gasteiger partial charge in [-0.2, -0.15) is 0 Å². The van der Waals surface area contributed by atoms with E-state index in [1.165, 1.54) is 24.3 Å². The summed E-state index contributed by atoms with van der Waals surface area (Å²) in [5, 5.41) is 2.97. The second-order valence-corrected chi connectivity index (χ2v) is 10.1. The number of amides is 2. The van der Waals surface area contributed by atoms with Gasteiger partial charge in [-0.25, -0.2) is 12.8 Å². The van der Waals surface area contributed by atoms with Gasteiger partial charge in [-0.1, -0.05) is 30.3 Å². The number of likely N-dealkylation sites (tertiary alicyclic amines) is 1. The third-order valence-corrected chi connectivity index (χ3v) is 7.37. The number of nitrogens with one attached hydrogen (secondary N) is 2. The molecule has 0 unspecified atom stereocenters.